The van der Waals surface area contributed by atoms with E-state index in [4.69, 9.17) is 9.47 Å². The zero-order valence-corrected chi connectivity index (χ0v) is 20.8. The third kappa shape index (κ3) is 6.82. The molecular formula is C29H30N2O5. The average molecular weight is 487 g/mol. The summed E-state index contributed by atoms with van der Waals surface area (Å²) >= 11 is 0. The standard InChI is InChI=1S/C29H30N2O5/c1-19-11-10-12-20(2)27(19)31-26(32)18-30-28(33)21(3)36-29(34)24(22-13-6-5-7-14-22)17-23-15-8-9-16-25(23)35-4/h5-17,21H,18H2,1-4H3,(H,30,33)(H,31,32)/b24-17+. The quantitative estimate of drug-likeness (QED) is 0.263. The van der Waals surface area contributed by atoms with Gasteiger partial charge in [0.15, 0.2) is 6.10 Å². The fraction of sp³-hybridized carbons (Fsp3) is 0.207. The number of methoxy groups -OCH3 is 1. The van der Waals surface area contributed by atoms with Crippen LogP contribution in [0.3, 0.4) is 0 Å². The molecule has 0 fully saturated rings. The van der Waals surface area contributed by atoms with E-state index in [-0.39, 0.29) is 18.0 Å². The van der Waals surface area contributed by atoms with Crippen molar-refractivity contribution < 1.29 is 23.9 Å². The van der Waals surface area contributed by atoms with E-state index in [1.54, 1.807) is 31.4 Å². The van der Waals surface area contributed by atoms with E-state index in [9.17, 15) is 14.4 Å². The molecule has 186 valence electrons. The Morgan fingerprint density at radius 2 is 1.53 bits per heavy atom. The zero-order valence-electron chi connectivity index (χ0n) is 20.8. The summed E-state index contributed by atoms with van der Waals surface area (Å²) < 4.78 is 10.9. The van der Waals surface area contributed by atoms with E-state index in [2.05, 4.69) is 10.6 Å². The van der Waals surface area contributed by atoms with Crippen molar-refractivity contribution in [3.63, 3.8) is 0 Å². The van der Waals surface area contributed by atoms with Gasteiger partial charge in [-0.3, -0.25) is 9.59 Å². The number of hydrogen-bond donors (Lipinski definition) is 2. The largest absolute Gasteiger partial charge is 0.496 e. The second kappa shape index (κ2) is 12.4. The van der Waals surface area contributed by atoms with Gasteiger partial charge in [0, 0.05) is 11.3 Å². The third-order valence-corrected chi connectivity index (χ3v) is 5.57. The predicted molar refractivity (Wildman–Crippen MR) is 140 cm³/mol. The van der Waals surface area contributed by atoms with Crippen molar-refractivity contribution in [1.29, 1.82) is 0 Å². The lowest BCUT2D eigenvalue weighted by Gasteiger charge is -2.16. The molecule has 36 heavy (non-hydrogen) atoms. The van der Waals surface area contributed by atoms with Crippen molar-refractivity contribution in [2.75, 3.05) is 19.0 Å². The number of rotatable bonds is 9. The molecule has 0 heterocycles. The maximum atomic E-state index is 13.1. The lowest BCUT2D eigenvalue weighted by atomic mass is 10.0. The first-order valence-corrected chi connectivity index (χ1v) is 11.5. The van der Waals surface area contributed by atoms with Gasteiger partial charge in [0.1, 0.15) is 5.75 Å². The van der Waals surface area contributed by atoms with Gasteiger partial charge in [0.2, 0.25) is 5.91 Å². The number of carbonyl (C=O) groups is 3. The van der Waals surface area contributed by atoms with Crippen molar-refractivity contribution in [2.45, 2.75) is 26.9 Å². The maximum absolute atomic E-state index is 13.1. The highest BCUT2D eigenvalue weighted by molar-refractivity contribution is 6.22. The Balaban J connectivity index is 1.68. The molecule has 0 saturated heterocycles. The van der Waals surface area contributed by atoms with Crippen molar-refractivity contribution in [3.05, 3.63) is 95.1 Å². The van der Waals surface area contributed by atoms with Crippen molar-refractivity contribution in [3.8, 4) is 5.75 Å². The molecule has 1 unspecified atom stereocenters. The molecule has 0 bridgehead atoms. The normalized spacial score (nSPS) is 11.8. The number of anilines is 1. The van der Waals surface area contributed by atoms with Crippen LogP contribution >= 0.6 is 0 Å². The lowest BCUT2D eigenvalue weighted by molar-refractivity contribution is -0.149. The summed E-state index contributed by atoms with van der Waals surface area (Å²) in [5.74, 6) is -1.03. The Bertz CT molecular complexity index is 1250. The van der Waals surface area contributed by atoms with E-state index in [1.807, 2.05) is 68.4 Å². The maximum Gasteiger partial charge on any atom is 0.339 e. The minimum Gasteiger partial charge on any atom is -0.496 e. The fourth-order valence-electron chi connectivity index (χ4n) is 3.60. The van der Waals surface area contributed by atoms with Gasteiger partial charge in [-0.2, -0.15) is 0 Å². The first-order chi connectivity index (χ1) is 17.3. The monoisotopic (exact) mass is 486 g/mol. The van der Waals surface area contributed by atoms with Crippen LogP contribution < -0.4 is 15.4 Å². The highest BCUT2D eigenvalue weighted by Gasteiger charge is 2.22. The van der Waals surface area contributed by atoms with Gasteiger partial charge in [-0.25, -0.2) is 4.79 Å². The van der Waals surface area contributed by atoms with Gasteiger partial charge in [-0.1, -0.05) is 66.7 Å². The number of hydrogen-bond acceptors (Lipinski definition) is 5. The molecule has 3 rings (SSSR count). The SMILES string of the molecule is COc1ccccc1/C=C(/C(=O)OC(C)C(=O)NCC(=O)Nc1c(C)cccc1C)c1ccccc1. The van der Waals surface area contributed by atoms with Crippen LogP contribution in [0.15, 0.2) is 72.8 Å². The first-order valence-electron chi connectivity index (χ1n) is 11.5. The summed E-state index contributed by atoms with van der Waals surface area (Å²) in [5, 5.41) is 5.33. The summed E-state index contributed by atoms with van der Waals surface area (Å²) in [4.78, 5) is 38.1. The molecule has 2 amide bonds. The van der Waals surface area contributed by atoms with E-state index in [0.29, 0.717) is 22.6 Å². The number of para-hydroxylation sites is 2. The van der Waals surface area contributed by atoms with Crippen LogP contribution in [-0.2, 0) is 19.1 Å². The molecule has 0 aromatic heterocycles. The van der Waals surface area contributed by atoms with Crippen molar-refractivity contribution in [1.82, 2.24) is 5.32 Å². The van der Waals surface area contributed by atoms with Gasteiger partial charge < -0.3 is 20.1 Å². The summed E-state index contributed by atoms with van der Waals surface area (Å²) in [7, 11) is 1.55. The third-order valence-electron chi connectivity index (χ3n) is 5.57. The number of benzene rings is 3. The van der Waals surface area contributed by atoms with Crippen LogP contribution in [0, 0.1) is 13.8 Å². The van der Waals surface area contributed by atoms with E-state index < -0.39 is 18.0 Å². The Labute approximate surface area is 211 Å². The van der Waals surface area contributed by atoms with Crippen molar-refractivity contribution in [2.24, 2.45) is 0 Å². The topological polar surface area (TPSA) is 93.7 Å². The Hall–Kier alpha value is -4.39. The Kier molecular flexibility index (Phi) is 9.00. The number of carbonyl (C=O) groups excluding carboxylic acids is 3. The number of nitrogens with one attached hydrogen (secondary N) is 2. The molecule has 1 atom stereocenters. The van der Waals surface area contributed by atoms with Gasteiger partial charge in [-0.15, -0.1) is 0 Å². The molecule has 0 radical (unpaired) electrons. The number of amides is 2. The van der Waals surface area contributed by atoms with Crippen molar-refractivity contribution >= 4 is 35.1 Å². The highest BCUT2D eigenvalue weighted by Crippen LogP contribution is 2.26. The molecule has 3 aromatic carbocycles. The molecule has 0 aliphatic rings. The summed E-state index contributed by atoms with van der Waals surface area (Å²) in [6, 6.07) is 22.0. The molecular weight excluding hydrogens is 456 g/mol. The molecule has 2 N–H and O–H groups in total. The molecule has 0 spiro atoms. The summed E-state index contributed by atoms with van der Waals surface area (Å²) in [6.45, 7) is 5.00. The minimum atomic E-state index is -1.12. The molecule has 0 saturated carbocycles. The number of esters is 1. The average Bonchev–Trinajstić information content (AvgIpc) is 2.88. The second-order valence-electron chi connectivity index (χ2n) is 8.25. The molecule has 7 heteroatoms. The molecule has 0 aliphatic carbocycles. The molecule has 0 aliphatic heterocycles. The van der Waals surface area contributed by atoms with Crippen LogP contribution in [0.1, 0.15) is 29.2 Å². The molecule has 7 nitrogen and oxygen atoms in total. The molecule has 3 aromatic rings. The van der Waals surface area contributed by atoms with Crippen LogP contribution in [0.2, 0.25) is 0 Å². The van der Waals surface area contributed by atoms with Gasteiger partial charge in [0.05, 0.1) is 19.2 Å². The fourth-order valence-corrected chi connectivity index (χ4v) is 3.60. The Morgan fingerprint density at radius 3 is 2.19 bits per heavy atom. The van der Waals surface area contributed by atoms with Gasteiger partial charge in [0.25, 0.3) is 5.91 Å². The van der Waals surface area contributed by atoms with Crippen LogP contribution in [-0.4, -0.2) is 37.5 Å². The lowest BCUT2D eigenvalue weighted by Crippen LogP contribution is -2.40. The predicted octanol–water partition coefficient (Wildman–Crippen LogP) is 4.54. The Morgan fingerprint density at radius 1 is 0.889 bits per heavy atom. The van der Waals surface area contributed by atoms with E-state index in [1.165, 1.54) is 6.92 Å². The summed E-state index contributed by atoms with van der Waals surface area (Å²) in [5.41, 5.74) is 4.15. The number of aryl methyl sites for hydroxylation is 2. The minimum absolute atomic E-state index is 0.253. The number of ether oxygens (including phenoxy) is 2. The van der Waals surface area contributed by atoms with Gasteiger partial charge in [-0.05, 0) is 49.6 Å². The van der Waals surface area contributed by atoms with Gasteiger partial charge >= 0.3 is 5.97 Å². The second-order valence-corrected chi connectivity index (χ2v) is 8.25. The highest BCUT2D eigenvalue weighted by atomic mass is 16.5. The van der Waals surface area contributed by atoms with Crippen LogP contribution in [0.5, 0.6) is 5.75 Å². The summed E-state index contributed by atoms with van der Waals surface area (Å²) in [6.07, 6.45) is 0.550. The van der Waals surface area contributed by atoms with E-state index in [0.717, 1.165) is 11.1 Å². The zero-order chi connectivity index (χ0) is 26.1. The van der Waals surface area contributed by atoms with Crippen LogP contribution in [0.25, 0.3) is 11.6 Å². The smallest absolute Gasteiger partial charge is 0.339 e. The first kappa shape index (κ1) is 26.2. The van der Waals surface area contributed by atoms with E-state index >= 15 is 0 Å². The van der Waals surface area contributed by atoms with Crippen LogP contribution in [0.4, 0.5) is 5.69 Å².